The van der Waals surface area contributed by atoms with Crippen LogP contribution in [0.25, 0.3) is 0 Å². The number of carbonyl (C=O) groups excluding carboxylic acids is 2. The molecule has 0 aromatic rings. The van der Waals surface area contributed by atoms with Crippen molar-refractivity contribution in [3.05, 3.63) is 35.5 Å². The van der Waals surface area contributed by atoms with Crippen LogP contribution in [0.2, 0.25) is 0 Å². The molecule has 2 fully saturated rings. The van der Waals surface area contributed by atoms with E-state index >= 15 is 0 Å². The molecule has 0 radical (unpaired) electrons. The predicted molar refractivity (Wildman–Crippen MR) is 102 cm³/mol. The van der Waals surface area contributed by atoms with Gasteiger partial charge in [0.05, 0.1) is 11.7 Å². The van der Waals surface area contributed by atoms with Gasteiger partial charge in [-0.3, -0.25) is 4.79 Å². The molecule has 2 heterocycles. The number of hydrogen-bond acceptors (Lipinski definition) is 5. The van der Waals surface area contributed by atoms with Crippen LogP contribution in [0, 0.1) is 5.92 Å². The fraction of sp³-hybridized carbons (Fsp3) is 0.636. The van der Waals surface area contributed by atoms with Crippen molar-refractivity contribution < 1.29 is 23.8 Å². The van der Waals surface area contributed by atoms with E-state index in [1.807, 2.05) is 6.92 Å². The molecule has 0 saturated carbocycles. The van der Waals surface area contributed by atoms with Crippen LogP contribution < -0.4 is 0 Å². The average Bonchev–Trinajstić information content (AvgIpc) is 3.14. The first-order chi connectivity index (χ1) is 12.7. The Hall–Kier alpha value is -1.88. The van der Waals surface area contributed by atoms with Gasteiger partial charge in [0.1, 0.15) is 6.10 Å². The topological polar surface area (TPSA) is 65.1 Å². The smallest absolute Gasteiger partial charge is 0.334 e. The fourth-order valence-electron chi connectivity index (χ4n) is 4.17. The summed E-state index contributed by atoms with van der Waals surface area (Å²) in [5.41, 5.74) is 2.54. The third-order valence-electron chi connectivity index (χ3n) is 6.03. The normalized spacial score (nSPS) is 41.0. The van der Waals surface area contributed by atoms with Gasteiger partial charge in [-0.05, 0) is 58.4 Å². The Bertz CT molecular complexity index is 703. The summed E-state index contributed by atoms with van der Waals surface area (Å²) in [7, 11) is 0. The second-order valence-electron chi connectivity index (χ2n) is 8.26. The number of fused-ring (bicyclic) bond motifs is 2. The largest absolute Gasteiger partial charge is 0.454 e. The lowest BCUT2D eigenvalue weighted by Crippen LogP contribution is -2.37. The van der Waals surface area contributed by atoms with Crippen LogP contribution in [0.3, 0.4) is 0 Å². The van der Waals surface area contributed by atoms with Crippen LogP contribution in [0.5, 0.6) is 0 Å². The van der Waals surface area contributed by atoms with E-state index in [2.05, 4.69) is 32.6 Å². The van der Waals surface area contributed by atoms with Crippen LogP contribution in [0.1, 0.15) is 59.8 Å². The molecule has 0 aromatic heterocycles. The zero-order valence-electron chi connectivity index (χ0n) is 16.7. The summed E-state index contributed by atoms with van der Waals surface area (Å²) in [6.45, 7) is 11.5. The quantitative estimate of drug-likeness (QED) is 0.300. The highest BCUT2D eigenvalue weighted by atomic mass is 16.6. The van der Waals surface area contributed by atoms with Crippen LogP contribution in [0.15, 0.2) is 35.5 Å². The minimum atomic E-state index is -0.590. The number of ether oxygens (including phenoxy) is 3. The summed E-state index contributed by atoms with van der Waals surface area (Å²) in [4.78, 5) is 23.9. The Kier molecular flexibility index (Phi) is 5.61. The van der Waals surface area contributed by atoms with Crippen LogP contribution in [0.4, 0.5) is 0 Å². The highest BCUT2D eigenvalue weighted by Crippen LogP contribution is 2.47. The highest BCUT2D eigenvalue weighted by molar-refractivity contribution is 5.91. The maximum atomic E-state index is 12.2. The first kappa shape index (κ1) is 19.9. The summed E-state index contributed by atoms with van der Waals surface area (Å²) in [6.07, 6.45) is 7.70. The van der Waals surface area contributed by atoms with Crippen LogP contribution >= 0.6 is 0 Å². The van der Waals surface area contributed by atoms with E-state index in [4.69, 9.17) is 14.2 Å². The van der Waals surface area contributed by atoms with E-state index in [1.54, 1.807) is 0 Å². The van der Waals surface area contributed by atoms with Crippen molar-refractivity contribution in [1.82, 2.24) is 0 Å². The number of carbonyl (C=O) groups is 2. The average molecular weight is 374 g/mol. The third-order valence-corrected chi connectivity index (χ3v) is 6.03. The van der Waals surface area contributed by atoms with Crippen molar-refractivity contribution in [2.24, 2.45) is 5.92 Å². The molecule has 2 aliphatic heterocycles. The zero-order chi connectivity index (χ0) is 19.8. The number of allylic oxidation sites excluding steroid dienone is 3. The summed E-state index contributed by atoms with van der Waals surface area (Å²) in [6, 6.07) is 0. The van der Waals surface area contributed by atoms with E-state index < -0.39 is 18.2 Å². The Morgan fingerprint density at radius 2 is 2.04 bits per heavy atom. The predicted octanol–water partition coefficient (Wildman–Crippen LogP) is 4.03. The van der Waals surface area contributed by atoms with Crippen molar-refractivity contribution in [1.29, 1.82) is 0 Å². The van der Waals surface area contributed by atoms with E-state index in [1.165, 1.54) is 12.5 Å². The molecule has 0 amide bonds. The van der Waals surface area contributed by atoms with Gasteiger partial charge in [0.2, 0.25) is 0 Å². The molecule has 5 heteroatoms. The van der Waals surface area contributed by atoms with Gasteiger partial charge in [-0.2, -0.15) is 0 Å². The number of rotatable bonds is 1. The molecule has 1 aliphatic carbocycles. The van der Waals surface area contributed by atoms with Crippen molar-refractivity contribution in [2.45, 2.75) is 83.7 Å². The van der Waals surface area contributed by atoms with Crippen molar-refractivity contribution in [3.8, 4) is 0 Å². The molecule has 0 aromatic carbocycles. The van der Waals surface area contributed by atoms with Gasteiger partial charge < -0.3 is 14.2 Å². The molecular formula is C22H30O5. The van der Waals surface area contributed by atoms with Crippen molar-refractivity contribution in [2.75, 3.05) is 0 Å². The van der Waals surface area contributed by atoms with Gasteiger partial charge >= 0.3 is 11.9 Å². The van der Waals surface area contributed by atoms with E-state index in [-0.39, 0.29) is 23.6 Å². The Morgan fingerprint density at radius 1 is 1.30 bits per heavy atom. The number of epoxide rings is 1. The molecule has 148 valence electrons. The van der Waals surface area contributed by atoms with Gasteiger partial charge in [-0.15, -0.1) is 0 Å². The molecule has 3 aliphatic rings. The first-order valence-electron chi connectivity index (χ1n) is 9.78. The van der Waals surface area contributed by atoms with Gasteiger partial charge in [0, 0.05) is 18.4 Å². The monoisotopic (exact) mass is 374 g/mol. The molecule has 0 unspecified atom stereocenters. The fourth-order valence-corrected chi connectivity index (χ4v) is 4.17. The second kappa shape index (κ2) is 7.63. The van der Waals surface area contributed by atoms with Gasteiger partial charge in [0.15, 0.2) is 6.10 Å². The zero-order valence-corrected chi connectivity index (χ0v) is 16.7. The minimum absolute atomic E-state index is 0.0650. The lowest BCUT2D eigenvalue weighted by atomic mass is 9.84. The van der Waals surface area contributed by atoms with E-state index in [0.29, 0.717) is 12.0 Å². The van der Waals surface area contributed by atoms with Gasteiger partial charge in [-0.25, -0.2) is 4.79 Å². The maximum Gasteiger partial charge on any atom is 0.334 e. The molecule has 0 N–H and O–H groups in total. The van der Waals surface area contributed by atoms with Crippen molar-refractivity contribution in [3.63, 3.8) is 0 Å². The molecule has 3 rings (SSSR count). The second-order valence-corrected chi connectivity index (χ2v) is 8.26. The lowest BCUT2D eigenvalue weighted by Gasteiger charge is -2.27. The molecule has 2 saturated heterocycles. The van der Waals surface area contributed by atoms with Crippen LogP contribution in [-0.2, 0) is 23.8 Å². The maximum absolute atomic E-state index is 12.2. The lowest BCUT2D eigenvalue weighted by molar-refractivity contribution is -0.157. The Morgan fingerprint density at radius 3 is 2.74 bits per heavy atom. The summed E-state index contributed by atoms with van der Waals surface area (Å²) < 4.78 is 17.2. The van der Waals surface area contributed by atoms with Gasteiger partial charge in [0.25, 0.3) is 0 Å². The number of esters is 2. The minimum Gasteiger partial charge on any atom is -0.454 e. The molecule has 0 spiro atoms. The molecule has 5 atom stereocenters. The van der Waals surface area contributed by atoms with Crippen molar-refractivity contribution >= 4 is 11.9 Å². The SMILES string of the molecule is C=C1C(=O)O[C@H]2[C@H](OC(C)=O)/C(C)=C\CC/C(C)=C/CC[C@@]3(C)O[C@H]3C[C@@H]12. The van der Waals surface area contributed by atoms with E-state index in [9.17, 15) is 9.59 Å². The standard InChI is InChI=1S/C22H30O5/c1-13-8-6-10-14(2)19(25-16(4)23)20-17(15(3)21(24)26-20)12-18-22(5,27-18)11-7-9-13/h9-10,17-20H,3,6-8,11-12H2,1-2,4-5H3/b13-9+,14-10-/t17-,18-,19+,20+,22+/m0/s1. The van der Waals surface area contributed by atoms with E-state index in [0.717, 1.165) is 31.3 Å². The van der Waals surface area contributed by atoms with Gasteiger partial charge in [-0.1, -0.05) is 24.3 Å². The summed E-state index contributed by atoms with van der Waals surface area (Å²) in [5, 5.41) is 0. The number of hydrogen-bond donors (Lipinski definition) is 0. The first-order valence-corrected chi connectivity index (χ1v) is 9.78. The Labute approximate surface area is 161 Å². The van der Waals surface area contributed by atoms with Crippen LogP contribution in [-0.4, -0.2) is 35.9 Å². The summed E-state index contributed by atoms with van der Waals surface area (Å²) >= 11 is 0. The summed E-state index contributed by atoms with van der Waals surface area (Å²) in [5.74, 6) is -0.999. The third kappa shape index (κ3) is 4.34. The molecular weight excluding hydrogens is 344 g/mol. The molecule has 5 nitrogen and oxygen atoms in total. The molecule has 27 heavy (non-hydrogen) atoms. The highest BCUT2D eigenvalue weighted by Gasteiger charge is 2.55. The molecule has 0 bridgehead atoms. The Balaban J connectivity index is 1.92.